The van der Waals surface area contributed by atoms with Crippen LogP contribution in [0, 0.1) is 22.7 Å². The number of nitrogens with zero attached hydrogens (tertiary/aromatic N) is 6. The summed E-state index contributed by atoms with van der Waals surface area (Å²) >= 11 is 1.81. The predicted molar refractivity (Wildman–Crippen MR) is 269 cm³/mol. The van der Waals surface area contributed by atoms with E-state index >= 15 is 0 Å². The molecule has 0 bridgehead atoms. The highest BCUT2D eigenvalue weighted by molar-refractivity contribution is 7.25. The highest BCUT2D eigenvalue weighted by Gasteiger charge is 2.22. The molecule has 66 heavy (non-hydrogen) atoms. The molecule has 3 aromatic heterocycles. The number of aromatic nitrogens is 4. The van der Waals surface area contributed by atoms with Crippen molar-refractivity contribution in [2.45, 2.75) is 0 Å². The molecule has 0 unspecified atom stereocenters. The number of hydrogen-bond donors (Lipinski definition) is 0. The second-order valence-electron chi connectivity index (χ2n) is 16.3. The lowest BCUT2D eigenvalue weighted by molar-refractivity contribution is 1.06. The third kappa shape index (κ3) is 6.76. The van der Waals surface area contributed by atoms with Crippen LogP contribution in [0.4, 0.5) is 0 Å². The summed E-state index contributed by atoms with van der Waals surface area (Å²) in [4.78, 5) is 15.7. The second kappa shape index (κ2) is 16.0. The van der Waals surface area contributed by atoms with Crippen molar-refractivity contribution in [1.82, 2.24) is 19.5 Å². The zero-order valence-corrected chi connectivity index (χ0v) is 36.0. The van der Waals surface area contributed by atoms with Gasteiger partial charge in [0.15, 0.2) is 17.5 Å². The van der Waals surface area contributed by atoms with Crippen molar-refractivity contribution < 1.29 is 0 Å². The van der Waals surface area contributed by atoms with Crippen molar-refractivity contribution >= 4 is 53.3 Å². The van der Waals surface area contributed by atoms with Crippen LogP contribution in [0.5, 0.6) is 0 Å². The van der Waals surface area contributed by atoms with Crippen molar-refractivity contribution in [3.8, 4) is 85.4 Å². The Balaban J connectivity index is 1.13. The minimum Gasteiger partial charge on any atom is -0.308 e. The van der Waals surface area contributed by atoms with Crippen molar-refractivity contribution in [3.63, 3.8) is 0 Å². The summed E-state index contributed by atoms with van der Waals surface area (Å²) in [5, 5.41) is 23.7. The third-order valence-corrected chi connectivity index (χ3v) is 13.5. The van der Waals surface area contributed by atoms with Crippen LogP contribution in [0.2, 0.25) is 0 Å². The average Bonchev–Trinajstić information content (AvgIpc) is 3.93. The molecule has 0 N–H and O–H groups in total. The number of rotatable bonds is 7. The van der Waals surface area contributed by atoms with Gasteiger partial charge in [-0.3, -0.25) is 0 Å². The van der Waals surface area contributed by atoms with E-state index in [9.17, 15) is 10.5 Å². The Kier molecular flexibility index (Phi) is 9.35. The first kappa shape index (κ1) is 38.6. The molecule has 0 atom stereocenters. The number of thiophene rings is 1. The third-order valence-electron chi connectivity index (χ3n) is 12.3. The minimum atomic E-state index is 0.556. The van der Waals surface area contributed by atoms with Crippen LogP contribution < -0.4 is 0 Å². The van der Waals surface area contributed by atoms with E-state index in [-0.39, 0.29) is 0 Å². The lowest BCUT2D eigenvalue weighted by Gasteiger charge is -2.16. The monoisotopic (exact) mass is 858 g/mol. The second-order valence-corrected chi connectivity index (χ2v) is 17.3. The molecule has 6 nitrogen and oxygen atoms in total. The summed E-state index contributed by atoms with van der Waals surface area (Å²) in [6.45, 7) is 0. The van der Waals surface area contributed by atoms with E-state index in [0.717, 1.165) is 77.6 Å². The van der Waals surface area contributed by atoms with Crippen LogP contribution in [-0.2, 0) is 0 Å². The maximum Gasteiger partial charge on any atom is 0.166 e. The molecule has 0 aliphatic heterocycles. The van der Waals surface area contributed by atoms with E-state index in [1.54, 1.807) is 0 Å². The van der Waals surface area contributed by atoms with Gasteiger partial charge in [0.1, 0.15) is 0 Å². The van der Waals surface area contributed by atoms with Crippen LogP contribution in [0.3, 0.4) is 0 Å². The summed E-state index contributed by atoms with van der Waals surface area (Å²) in [7, 11) is 0. The van der Waals surface area contributed by atoms with Gasteiger partial charge in [0, 0.05) is 47.6 Å². The molecule has 0 saturated heterocycles. The zero-order chi connectivity index (χ0) is 44.1. The maximum atomic E-state index is 9.54. The molecule has 9 aromatic carbocycles. The van der Waals surface area contributed by atoms with Gasteiger partial charge in [-0.05, 0) is 106 Å². The first-order valence-electron chi connectivity index (χ1n) is 21.6. The Bertz CT molecular complexity index is 3760. The van der Waals surface area contributed by atoms with Crippen molar-refractivity contribution in [3.05, 3.63) is 217 Å². The van der Waals surface area contributed by atoms with Crippen LogP contribution in [-0.4, -0.2) is 19.5 Å². The molecular formula is C59H34N6S. The minimum absolute atomic E-state index is 0.556. The number of nitriles is 2. The van der Waals surface area contributed by atoms with Crippen molar-refractivity contribution in [2.24, 2.45) is 0 Å². The molecular weight excluding hydrogens is 825 g/mol. The van der Waals surface area contributed by atoms with E-state index in [1.807, 2.05) is 121 Å². The van der Waals surface area contributed by atoms with E-state index < -0.39 is 0 Å². The molecule has 0 amide bonds. The fourth-order valence-corrected chi connectivity index (χ4v) is 10.2. The normalized spacial score (nSPS) is 11.3. The maximum absolute atomic E-state index is 9.54. The Labute approximate surface area is 384 Å². The highest BCUT2D eigenvalue weighted by atomic mass is 32.1. The molecule has 7 heteroatoms. The van der Waals surface area contributed by atoms with Crippen LogP contribution in [0.25, 0.3) is 115 Å². The van der Waals surface area contributed by atoms with Crippen molar-refractivity contribution in [2.75, 3.05) is 0 Å². The average molecular weight is 859 g/mol. The molecule has 306 valence electrons. The molecule has 0 saturated carbocycles. The van der Waals surface area contributed by atoms with E-state index in [0.29, 0.717) is 28.6 Å². The summed E-state index contributed by atoms with van der Waals surface area (Å²) in [5.41, 5.74) is 13.1. The van der Waals surface area contributed by atoms with E-state index in [2.05, 4.69) is 114 Å². The predicted octanol–water partition coefficient (Wildman–Crippen LogP) is 15.1. The summed E-state index contributed by atoms with van der Waals surface area (Å²) in [6.07, 6.45) is 0. The van der Waals surface area contributed by atoms with Gasteiger partial charge in [-0.2, -0.15) is 10.5 Å². The van der Waals surface area contributed by atoms with Crippen LogP contribution in [0.1, 0.15) is 11.1 Å². The SMILES string of the molecule is N#Cc1ccc(-c2ccc3c(c2)c2cc(-c4ccc(C#N)cc4)ccc2n3-c2ccc(-c3ccc4c(c3)sc3ccccc34)cc2-c2nc(-c3ccccc3)nc(-c3ccccc3)n2)cc1. The van der Waals surface area contributed by atoms with E-state index in [1.165, 1.54) is 20.2 Å². The van der Waals surface area contributed by atoms with Gasteiger partial charge < -0.3 is 4.57 Å². The standard InChI is InChI=1S/C59H34N6S/c60-35-37-15-19-39(20-16-37)43-24-28-52-49(31-43)50-32-44(40-21-17-38(36-61)18-22-40)25-29-53(50)65(52)54-30-26-45(46-23-27-48-47-13-7-8-14-55(47)66-56(48)34-46)33-51(54)59-63-57(41-9-3-1-4-10-41)62-58(64-59)42-11-5-2-6-12-42/h1-34H. The molecule has 0 radical (unpaired) electrons. The molecule has 0 fully saturated rings. The van der Waals surface area contributed by atoms with Crippen LogP contribution in [0.15, 0.2) is 206 Å². The van der Waals surface area contributed by atoms with Gasteiger partial charge in [-0.25, -0.2) is 15.0 Å². The highest BCUT2D eigenvalue weighted by Crippen LogP contribution is 2.42. The van der Waals surface area contributed by atoms with Gasteiger partial charge >= 0.3 is 0 Å². The van der Waals surface area contributed by atoms with Crippen LogP contribution >= 0.6 is 11.3 Å². The Morgan fingerprint density at radius 2 is 0.803 bits per heavy atom. The first-order chi connectivity index (χ1) is 32.6. The van der Waals surface area contributed by atoms with Gasteiger partial charge in [-0.1, -0.05) is 133 Å². The summed E-state index contributed by atoms with van der Waals surface area (Å²) < 4.78 is 4.83. The van der Waals surface area contributed by atoms with E-state index in [4.69, 9.17) is 15.0 Å². The fourth-order valence-electron chi connectivity index (χ4n) is 9.04. The fraction of sp³-hybridized carbons (Fsp3) is 0. The van der Waals surface area contributed by atoms with Gasteiger partial charge in [0.25, 0.3) is 0 Å². The first-order valence-corrected chi connectivity index (χ1v) is 22.4. The summed E-state index contributed by atoms with van der Waals surface area (Å²) in [6, 6.07) is 75.3. The molecule has 3 heterocycles. The number of hydrogen-bond acceptors (Lipinski definition) is 6. The topological polar surface area (TPSA) is 91.2 Å². The number of fused-ring (bicyclic) bond motifs is 6. The van der Waals surface area contributed by atoms with Gasteiger partial charge in [0.2, 0.25) is 0 Å². The Hall–Kier alpha value is -9.01. The zero-order valence-electron chi connectivity index (χ0n) is 35.2. The Morgan fingerprint density at radius 1 is 0.348 bits per heavy atom. The summed E-state index contributed by atoms with van der Waals surface area (Å²) in [5.74, 6) is 1.73. The molecule has 0 aliphatic carbocycles. The van der Waals surface area contributed by atoms with Gasteiger partial charge in [0.05, 0.1) is 40.0 Å². The quantitative estimate of drug-likeness (QED) is 0.159. The largest absolute Gasteiger partial charge is 0.308 e. The smallest absolute Gasteiger partial charge is 0.166 e. The lowest BCUT2D eigenvalue weighted by atomic mass is 9.99. The number of benzene rings is 9. The lowest BCUT2D eigenvalue weighted by Crippen LogP contribution is -2.04. The molecule has 12 rings (SSSR count). The molecule has 0 spiro atoms. The molecule has 12 aromatic rings. The van der Waals surface area contributed by atoms with Gasteiger partial charge in [-0.15, -0.1) is 11.3 Å². The van der Waals surface area contributed by atoms with Crippen molar-refractivity contribution in [1.29, 1.82) is 10.5 Å². The Morgan fingerprint density at radius 3 is 1.38 bits per heavy atom. The molecule has 0 aliphatic rings.